The molecule has 1 aromatic heterocycles. The Bertz CT molecular complexity index is 646. The second-order valence-corrected chi connectivity index (χ2v) is 5.29. The van der Waals surface area contributed by atoms with Crippen LogP contribution in [0, 0.1) is 5.82 Å². The zero-order valence-electron chi connectivity index (χ0n) is 10.2. The Morgan fingerprint density at radius 3 is 2.95 bits per heavy atom. The lowest BCUT2D eigenvalue weighted by atomic mass is 10.2. The molecule has 0 spiro atoms. The van der Waals surface area contributed by atoms with Crippen LogP contribution < -0.4 is 11.1 Å². The van der Waals surface area contributed by atoms with Crippen molar-refractivity contribution in [2.75, 3.05) is 5.73 Å². The smallest absolute Gasteiger partial charge is 0.255 e. The van der Waals surface area contributed by atoms with Gasteiger partial charge in [0.25, 0.3) is 5.91 Å². The summed E-state index contributed by atoms with van der Waals surface area (Å²) in [6.45, 7) is -0.0315. The Labute approximate surface area is 128 Å². The maximum atomic E-state index is 13.6. The van der Waals surface area contributed by atoms with E-state index in [1.54, 1.807) is 12.1 Å². The lowest BCUT2D eigenvalue weighted by Crippen LogP contribution is -2.24. The highest BCUT2D eigenvalue weighted by Gasteiger charge is 2.13. The number of hydrogen-bond donors (Lipinski definition) is 2. The summed E-state index contributed by atoms with van der Waals surface area (Å²) in [7, 11) is 0. The molecule has 0 aliphatic heterocycles. The number of benzene rings is 1. The molecular formula is C13H10BrClFN3O. The topological polar surface area (TPSA) is 68.0 Å². The molecule has 20 heavy (non-hydrogen) atoms. The van der Waals surface area contributed by atoms with Gasteiger partial charge in [-0.1, -0.05) is 17.7 Å². The normalized spacial score (nSPS) is 10.3. The van der Waals surface area contributed by atoms with E-state index in [9.17, 15) is 9.18 Å². The largest absolute Gasteiger partial charge is 0.383 e. The van der Waals surface area contributed by atoms with Crippen LogP contribution in [-0.2, 0) is 6.54 Å². The molecule has 1 aromatic carbocycles. The van der Waals surface area contributed by atoms with Gasteiger partial charge in [-0.15, -0.1) is 0 Å². The number of carbonyl (C=O) groups is 1. The first-order valence-electron chi connectivity index (χ1n) is 5.61. The molecule has 0 fully saturated rings. The number of halogens is 3. The third-order valence-electron chi connectivity index (χ3n) is 2.62. The number of amides is 1. The van der Waals surface area contributed by atoms with Gasteiger partial charge in [0.2, 0.25) is 0 Å². The van der Waals surface area contributed by atoms with Crippen molar-refractivity contribution >= 4 is 39.3 Å². The molecule has 7 heteroatoms. The van der Waals surface area contributed by atoms with Crippen LogP contribution in [0.25, 0.3) is 0 Å². The van der Waals surface area contributed by atoms with E-state index in [1.165, 1.54) is 18.3 Å². The third-order valence-corrected chi connectivity index (χ3v) is 3.40. The average molecular weight is 359 g/mol. The molecule has 3 N–H and O–H groups in total. The molecular weight excluding hydrogens is 349 g/mol. The van der Waals surface area contributed by atoms with Gasteiger partial charge in [0.1, 0.15) is 11.6 Å². The van der Waals surface area contributed by atoms with E-state index >= 15 is 0 Å². The quantitative estimate of drug-likeness (QED) is 0.885. The van der Waals surface area contributed by atoms with E-state index in [0.29, 0.717) is 4.47 Å². The van der Waals surface area contributed by atoms with Crippen LogP contribution in [0.3, 0.4) is 0 Å². The summed E-state index contributed by atoms with van der Waals surface area (Å²) in [5, 5.41) is 2.82. The van der Waals surface area contributed by atoms with Crippen molar-refractivity contribution in [3.05, 3.63) is 56.9 Å². The first-order chi connectivity index (χ1) is 9.49. The SMILES string of the molecule is Nc1ncc(Br)cc1C(=O)NCc1c(F)cccc1Cl. The van der Waals surface area contributed by atoms with Gasteiger partial charge in [0, 0.05) is 27.8 Å². The van der Waals surface area contributed by atoms with Crippen molar-refractivity contribution < 1.29 is 9.18 Å². The molecule has 0 bridgehead atoms. The summed E-state index contributed by atoms with van der Waals surface area (Å²) >= 11 is 9.08. The number of aromatic nitrogens is 1. The summed E-state index contributed by atoms with van der Waals surface area (Å²) in [6, 6.07) is 5.88. The minimum atomic E-state index is -0.474. The molecule has 0 radical (unpaired) electrons. The van der Waals surface area contributed by atoms with E-state index in [-0.39, 0.29) is 28.5 Å². The zero-order valence-corrected chi connectivity index (χ0v) is 12.5. The number of rotatable bonds is 3. The van der Waals surface area contributed by atoms with Crippen LogP contribution in [0.15, 0.2) is 34.9 Å². The van der Waals surface area contributed by atoms with Crippen LogP contribution in [0.1, 0.15) is 15.9 Å². The zero-order chi connectivity index (χ0) is 14.7. The number of anilines is 1. The van der Waals surface area contributed by atoms with E-state index in [4.69, 9.17) is 17.3 Å². The Morgan fingerprint density at radius 2 is 2.25 bits per heavy atom. The molecule has 1 amide bonds. The monoisotopic (exact) mass is 357 g/mol. The second-order valence-electron chi connectivity index (χ2n) is 3.97. The predicted octanol–water partition coefficient (Wildman–Crippen LogP) is 3.15. The van der Waals surface area contributed by atoms with Gasteiger partial charge in [0.05, 0.1) is 5.56 Å². The molecule has 0 saturated carbocycles. The van der Waals surface area contributed by atoms with Crippen molar-refractivity contribution in [2.24, 2.45) is 0 Å². The highest BCUT2D eigenvalue weighted by atomic mass is 79.9. The molecule has 1 heterocycles. The minimum absolute atomic E-state index is 0.0315. The number of nitrogens with one attached hydrogen (secondary N) is 1. The number of nitrogen functional groups attached to an aromatic ring is 1. The van der Waals surface area contributed by atoms with Crippen molar-refractivity contribution in [1.29, 1.82) is 0 Å². The Hall–Kier alpha value is -1.66. The molecule has 0 unspecified atom stereocenters. The number of nitrogens with zero attached hydrogens (tertiary/aromatic N) is 1. The van der Waals surface area contributed by atoms with Crippen LogP contribution in [0.5, 0.6) is 0 Å². The molecule has 4 nitrogen and oxygen atoms in total. The van der Waals surface area contributed by atoms with Crippen molar-refractivity contribution in [1.82, 2.24) is 10.3 Å². The van der Waals surface area contributed by atoms with E-state index < -0.39 is 11.7 Å². The fraction of sp³-hybridized carbons (Fsp3) is 0.0769. The summed E-state index contributed by atoms with van der Waals surface area (Å²) < 4.78 is 14.2. The van der Waals surface area contributed by atoms with E-state index in [2.05, 4.69) is 26.2 Å². The van der Waals surface area contributed by atoms with Crippen LogP contribution in [0.4, 0.5) is 10.2 Å². The standard InChI is InChI=1S/C13H10BrClFN3O/c14-7-4-8(12(17)18-5-7)13(20)19-6-9-10(15)2-1-3-11(9)16/h1-5H,6H2,(H2,17,18)(H,19,20). The van der Waals surface area contributed by atoms with Crippen molar-refractivity contribution in [3.8, 4) is 0 Å². The lowest BCUT2D eigenvalue weighted by Gasteiger charge is -2.09. The molecule has 104 valence electrons. The molecule has 2 aromatic rings. The van der Waals surface area contributed by atoms with Gasteiger partial charge < -0.3 is 11.1 Å². The maximum Gasteiger partial charge on any atom is 0.255 e. The van der Waals surface area contributed by atoms with E-state index in [0.717, 1.165) is 0 Å². The predicted molar refractivity (Wildman–Crippen MR) is 78.9 cm³/mol. The van der Waals surface area contributed by atoms with Gasteiger partial charge in [0.15, 0.2) is 0 Å². The van der Waals surface area contributed by atoms with Gasteiger partial charge in [-0.2, -0.15) is 0 Å². The highest BCUT2D eigenvalue weighted by molar-refractivity contribution is 9.10. The first kappa shape index (κ1) is 14.7. The Morgan fingerprint density at radius 1 is 1.50 bits per heavy atom. The minimum Gasteiger partial charge on any atom is -0.383 e. The summed E-state index contributed by atoms with van der Waals surface area (Å²) in [5.41, 5.74) is 6.07. The fourth-order valence-corrected chi connectivity index (χ4v) is 2.16. The number of nitrogens with two attached hydrogens (primary N) is 1. The molecule has 0 aliphatic rings. The Kier molecular flexibility index (Phi) is 4.57. The fourth-order valence-electron chi connectivity index (χ4n) is 1.60. The first-order valence-corrected chi connectivity index (χ1v) is 6.78. The van der Waals surface area contributed by atoms with Gasteiger partial charge in [-0.25, -0.2) is 9.37 Å². The average Bonchev–Trinajstić information content (AvgIpc) is 2.40. The summed E-state index contributed by atoms with van der Waals surface area (Å²) in [6.07, 6.45) is 1.49. The van der Waals surface area contributed by atoms with E-state index in [1.807, 2.05) is 0 Å². The van der Waals surface area contributed by atoms with Crippen LogP contribution in [0.2, 0.25) is 5.02 Å². The maximum absolute atomic E-state index is 13.6. The molecule has 0 saturated heterocycles. The summed E-state index contributed by atoms with van der Waals surface area (Å²) in [5.74, 6) is -0.820. The number of pyridine rings is 1. The van der Waals surface area contributed by atoms with Gasteiger partial charge in [-0.05, 0) is 34.1 Å². The van der Waals surface area contributed by atoms with Gasteiger partial charge >= 0.3 is 0 Å². The highest BCUT2D eigenvalue weighted by Crippen LogP contribution is 2.19. The van der Waals surface area contributed by atoms with Crippen LogP contribution in [-0.4, -0.2) is 10.9 Å². The lowest BCUT2D eigenvalue weighted by molar-refractivity contribution is 0.0951. The van der Waals surface area contributed by atoms with Crippen molar-refractivity contribution in [3.63, 3.8) is 0 Å². The molecule has 2 rings (SSSR count). The summed E-state index contributed by atoms with van der Waals surface area (Å²) in [4.78, 5) is 15.9. The Balaban J connectivity index is 2.15. The molecule has 0 atom stereocenters. The molecule has 0 aliphatic carbocycles. The van der Waals surface area contributed by atoms with Crippen LogP contribution >= 0.6 is 27.5 Å². The number of hydrogen-bond acceptors (Lipinski definition) is 3. The van der Waals surface area contributed by atoms with Crippen molar-refractivity contribution in [2.45, 2.75) is 6.54 Å². The number of carbonyl (C=O) groups excluding carboxylic acids is 1. The second kappa shape index (κ2) is 6.19. The third kappa shape index (κ3) is 3.26. The van der Waals surface area contributed by atoms with Gasteiger partial charge in [-0.3, -0.25) is 4.79 Å².